The van der Waals surface area contributed by atoms with Crippen LogP contribution in [0.25, 0.3) is 5.57 Å². The van der Waals surface area contributed by atoms with Gasteiger partial charge in [0.1, 0.15) is 0 Å². The molecule has 0 nitrogen and oxygen atoms in total. The Labute approximate surface area is 168 Å². The first kappa shape index (κ1) is 18.2. The summed E-state index contributed by atoms with van der Waals surface area (Å²) in [6.07, 6.45) is 0. The standard InChI is InChI=1S/C27H24Si/c1-23(24-14-6-2-7-15-24)22-28(25-16-8-3-9-17-25,26-18-10-4-11-19-26)27-20-12-5-13-21-27/h2-21H,1,22H2. The lowest BCUT2D eigenvalue weighted by Crippen LogP contribution is -2.67. The van der Waals surface area contributed by atoms with Crippen molar-refractivity contribution in [1.29, 1.82) is 0 Å². The molecule has 0 aliphatic heterocycles. The third-order valence-corrected chi connectivity index (χ3v) is 10.4. The van der Waals surface area contributed by atoms with E-state index in [9.17, 15) is 0 Å². The van der Waals surface area contributed by atoms with Crippen LogP contribution >= 0.6 is 0 Å². The van der Waals surface area contributed by atoms with Gasteiger partial charge in [-0.3, -0.25) is 0 Å². The van der Waals surface area contributed by atoms with E-state index < -0.39 is 8.07 Å². The Hall–Kier alpha value is -3.16. The van der Waals surface area contributed by atoms with Crippen LogP contribution in [-0.4, -0.2) is 8.07 Å². The van der Waals surface area contributed by atoms with Crippen molar-refractivity contribution in [2.75, 3.05) is 0 Å². The molecule has 0 aliphatic carbocycles. The average molecular weight is 377 g/mol. The summed E-state index contributed by atoms with van der Waals surface area (Å²) in [4.78, 5) is 0. The maximum absolute atomic E-state index is 4.52. The van der Waals surface area contributed by atoms with E-state index in [1.54, 1.807) is 0 Å². The molecule has 1 heteroatoms. The number of allylic oxidation sites excluding steroid dienone is 1. The van der Waals surface area contributed by atoms with Crippen molar-refractivity contribution in [1.82, 2.24) is 0 Å². The second-order valence-electron chi connectivity index (χ2n) is 7.15. The summed E-state index contributed by atoms with van der Waals surface area (Å²) in [7, 11) is -2.27. The minimum absolute atomic E-state index is 0.953. The molecule has 0 amide bonds. The van der Waals surface area contributed by atoms with Gasteiger partial charge >= 0.3 is 0 Å². The fourth-order valence-corrected chi connectivity index (χ4v) is 8.81. The van der Waals surface area contributed by atoms with E-state index in [-0.39, 0.29) is 0 Å². The highest BCUT2D eigenvalue weighted by Crippen LogP contribution is 2.24. The Morgan fingerprint density at radius 2 is 0.821 bits per heavy atom. The maximum atomic E-state index is 4.52. The van der Waals surface area contributed by atoms with Crippen molar-refractivity contribution in [2.24, 2.45) is 0 Å². The van der Waals surface area contributed by atoms with E-state index in [0.29, 0.717) is 0 Å². The van der Waals surface area contributed by atoms with Crippen LogP contribution < -0.4 is 15.6 Å². The second-order valence-corrected chi connectivity index (χ2v) is 11.0. The number of hydrogen-bond acceptors (Lipinski definition) is 0. The molecular formula is C27H24Si. The lowest BCUT2D eigenvalue weighted by molar-refractivity contribution is 1.52. The molecule has 0 fully saturated rings. The summed E-state index contributed by atoms with van der Waals surface area (Å²) in [6.45, 7) is 4.52. The van der Waals surface area contributed by atoms with Gasteiger partial charge in [-0.25, -0.2) is 0 Å². The van der Waals surface area contributed by atoms with Crippen LogP contribution in [0, 0.1) is 0 Å². The predicted octanol–water partition coefficient (Wildman–Crippen LogP) is 4.87. The van der Waals surface area contributed by atoms with E-state index in [2.05, 4.69) is 128 Å². The first-order valence-corrected chi connectivity index (χ1v) is 11.9. The van der Waals surface area contributed by atoms with E-state index in [0.717, 1.165) is 6.04 Å². The van der Waals surface area contributed by atoms with Gasteiger partial charge in [-0.2, -0.15) is 0 Å². The first-order chi connectivity index (χ1) is 13.8. The van der Waals surface area contributed by atoms with Gasteiger partial charge in [0, 0.05) is 0 Å². The van der Waals surface area contributed by atoms with Crippen molar-refractivity contribution >= 4 is 29.2 Å². The zero-order chi connectivity index (χ0) is 19.2. The number of rotatable bonds is 6. The number of benzene rings is 4. The molecule has 136 valence electrons. The van der Waals surface area contributed by atoms with Crippen LogP contribution in [-0.2, 0) is 0 Å². The van der Waals surface area contributed by atoms with Gasteiger partial charge in [0.25, 0.3) is 0 Å². The summed E-state index contributed by atoms with van der Waals surface area (Å²) in [5, 5.41) is 4.26. The monoisotopic (exact) mass is 376 g/mol. The fraction of sp³-hybridized carbons (Fsp3) is 0.0370. The van der Waals surface area contributed by atoms with Crippen molar-refractivity contribution in [2.45, 2.75) is 6.04 Å². The summed E-state index contributed by atoms with van der Waals surface area (Å²) in [5.41, 5.74) is 2.42. The van der Waals surface area contributed by atoms with E-state index in [4.69, 9.17) is 0 Å². The molecule has 0 unspecified atom stereocenters. The molecule has 0 aromatic heterocycles. The van der Waals surface area contributed by atoms with Crippen LogP contribution in [0.3, 0.4) is 0 Å². The molecule has 0 saturated heterocycles. The minimum Gasteiger partial charge on any atom is -0.0955 e. The lowest BCUT2D eigenvalue weighted by Gasteiger charge is -2.34. The third kappa shape index (κ3) is 3.49. The molecule has 28 heavy (non-hydrogen) atoms. The van der Waals surface area contributed by atoms with Crippen molar-refractivity contribution < 1.29 is 0 Å². The average Bonchev–Trinajstić information content (AvgIpc) is 2.80. The molecule has 4 aromatic rings. The Kier molecular flexibility index (Phi) is 5.36. The van der Waals surface area contributed by atoms with Crippen LogP contribution in [0.15, 0.2) is 128 Å². The highest BCUT2D eigenvalue weighted by Gasteiger charge is 2.39. The lowest BCUT2D eigenvalue weighted by atomic mass is 10.1. The largest absolute Gasteiger partial charge is 0.152 e. The molecule has 4 aromatic carbocycles. The summed E-state index contributed by atoms with van der Waals surface area (Å²) < 4.78 is 0. The third-order valence-electron chi connectivity index (χ3n) is 5.46. The fourth-order valence-electron chi connectivity index (χ4n) is 4.07. The minimum atomic E-state index is -2.27. The van der Waals surface area contributed by atoms with E-state index in [1.807, 2.05) is 0 Å². The smallest absolute Gasteiger partial charge is 0.0955 e. The normalized spacial score (nSPS) is 11.1. The Morgan fingerprint density at radius 1 is 0.500 bits per heavy atom. The molecule has 0 aliphatic rings. The van der Waals surface area contributed by atoms with Crippen LogP contribution in [0.1, 0.15) is 5.56 Å². The molecule has 0 atom stereocenters. The molecule has 4 rings (SSSR count). The zero-order valence-electron chi connectivity index (χ0n) is 16.0. The van der Waals surface area contributed by atoms with E-state index >= 15 is 0 Å². The van der Waals surface area contributed by atoms with Gasteiger partial charge in [-0.05, 0) is 32.7 Å². The van der Waals surface area contributed by atoms with Crippen LogP contribution in [0.5, 0.6) is 0 Å². The highest BCUT2D eigenvalue weighted by atomic mass is 28.3. The Morgan fingerprint density at radius 3 is 1.18 bits per heavy atom. The topological polar surface area (TPSA) is 0 Å². The molecule has 0 N–H and O–H groups in total. The molecule has 0 spiro atoms. The van der Waals surface area contributed by atoms with Gasteiger partial charge in [0.05, 0.1) is 0 Å². The quantitative estimate of drug-likeness (QED) is 0.333. The van der Waals surface area contributed by atoms with Crippen LogP contribution in [0.2, 0.25) is 6.04 Å². The number of hydrogen-bond donors (Lipinski definition) is 0. The summed E-state index contributed by atoms with van der Waals surface area (Å²) in [6, 6.07) is 44.6. The predicted molar refractivity (Wildman–Crippen MR) is 124 cm³/mol. The Bertz CT molecular complexity index is 926. The van der Waals surface area contributed by atoms with Crippen molar-refractivity contribution in [3.8, 4) is 0 Å². The Balaban J connectivity index is 1.95. The van der Waals surface area contributed by atoms with Crippen LogP contribution in [0.4, 0.5) is 0 Å². The van der Waals surface area contributed by atoms with Gasteiger partial charge in [-0.15, -0.1) is 0 Å². The van der Waals surface area contributed by atoms with Gasteiger partial charge in [-0.1, -0.05) is 128 Å². The summed E-state index contributed by atoms with van der Waals surface area (Å²) >= 11 is 0. The first-order valence-electron chi connectivity index (χ1n) is 9.70. The summed E-state index contributed by atoms with van der Waals surface area (Å²) in [5.74, 6) is 0. The van der Waals surface area contributed by atoms with Crippen molar-refractivity contribution in [3.05, 3.63) is 133 Å². The molecular weight excluding hydrogens is 352 g/mol. The molecule has 0 bridgehead atoms. The second kappa shape index (κ2) is 8.24. The van der Waals surface area contributed by atoms with E-state index in [1.165, 1.54) is 26.7 Å². The SMILES string of the molecule is C=C(C[Si](c1ccccc1)(c1ccccc1)c1ccccc1)c1ccccc1. The van der Waals surface area contributed by atoms with Gasteiger partial charge in [0.15, 0.2) is 8.07 Å². The maximum Gasteiger partial charge on any atom is 0.152 e. The highest BCUT2D eigenvalue weighted by molar-refractivity contribution is 7.12. The van der Waals surface area contributed by atoms with Gasteiger partial charge in [0.2, 0.25) is 0 Å². The molecule has 0 heterocycles. The van der Waals surface area contributed by atoms with Crippen molar-refractivity contribution in [3.63, 3.8) is 0 Å². The van der Waals surface area contributed by atoms with Gasteiger partial charge < -0.3 is 0 Å². The molecule has 0 saturated carbocycles. The zero-order valence-corrected chi connectivity index (χ0v) is 17.0. The molecule has 0 radical (unpaired) electrons.